The van der Waals surface area contributed by atoms with Crippen molar-refractivity contribution < 1.29 is 13.0 Å². The van der Waals surface area contributed by atoms with Gasteiger partial charge >= 0.3 is 5.97 Å². The van der Waals surface area contributed by atoms with Gasteiger partial charge in [-0.2, -0.15) is 0 Å². The van der Waals surface area contributed by atoms with Crippen molar-refractivity contribution >= 4 is 38.8 Å². The Morgan fingerprint density at radius 3 is 2.38 bits per heavy atom. The maximum atomic E-state index is 9.77. The molecule has 0 aliphatic carbocycles. The third kappa shape index (κ3) is 3.09. The van der Waals surface area contributed by atoms with Gasteiger partial charge in [0.05, 0.1) is 0 Å². The predicted molar refractivity (Wildman–Crippen MR) is 36.3 cm³/mol. The second-order valence-electron chi connectivity index (χ2n) is 0.851. The lowest BCUT2D eigenvalue weighted by Gasteiger charge is -1.80. The van der Waals surface area contributed by atoms with Crippen molar-refractivity contribution in [1.29, 1.82) is 0 Å². The standard InChI is InChI=1S/C3H2ClIO3/c4-2(1-5-8)3(6)7/h1H,(H,6,7)/b2-1-. The van der Waals surface area contributed by atoms with Crippen LogP contribution < -0.4 is 0 Å². The van der Waals surface area contributed by atoms with Crippen LogP contribution in [0.5, 0.6) is 0 Å². The molecular formula is C3H2ClIO3. The third-order valence-corrected chi connectivity index (χ3v) is 1.86. The Bertz CT molecular complexity index is 141. The van der Waals surface area contributed by atoms with Crippen molar-refractivity contribution in [1.82, 2.24) is 0 Å². The molecule has 1 N–H and O–H groups in total. The summed E-state index contributed by atoms with van der Waals surface area (Å²) in [6, 6.07) is 0. The second kappa shape index (κ2) is 3.96. The third-order valence-electron chi connectivity index (χ3n) is 0.345. The maximum absolute atomic E-state index is 9.77. The van der Waals surface area contributed by atoms with E-state index in [1.165, 1.54) is 0 Å². The highest BCUT2D eigenvalue weighted by Gasteiger charge is 1.99. The van der Waals surface area contributed by atoms with Crippen LogP contribution in [0.1, 0.15) is 0 Å². The van der Waals surface area contributed by atoms with E-state index in [4.69, 9.17) is 16.7 Å². The lowest BCUT2D eigenvalue weighted by atomic mass is 10.7. The minimum Gasteiger partial charge on any atom is -0.477 e. The van der Waals surface area contributed by atoms with Gasteiger partial charge < -0.3 is 5.11 Å². The molecule has 0 rings (SSSR count). The zero-order valence-electron chi connectivity index (χ0n) is 3.60. The maximum Gasteiger partial charge on any atom is 0.347 e. The van der Waals surface area contributed by atoms with Crippen LogP contribution in [0.4, 0.5) is 0 Å². The van der Waals surface area contributed by atoms with Gasteiger partial charge in [0.1, 0.15) is 5.03 Å². The number of hydrogen-bond acceptors (Lipinski definition) is 2. The van der Waals surface area contributed by atoms with Crippen molar-refractivity contribution in [2.75, 3.05) is 0 Å². The van der Waals surface area contributed by atoms with Crippen LogP contribution >= 0.6 is 32.8 Å². The molecule has 0 aliphatic heterocycles. The lowest BCUT2D eigenvalue weighted by molar-refractivity contribution is -0.131. The van der Waals surface area contributed by atoms with Crippen molar-refractivity contribution in [2.45, 2.75) is 0 Å². The quantitative estimate of drug-likeness (QED) is 0.595. The summed E-state index contributed by atoms with van der Waals surface area (Å²) in [5.41, 5.74) is 0. The van der Waals surface area contributed by atoms with Gasteiger partial charge in [-0.15, -0.1) is 0 Å². The van der Waals surface area contributed by atoms with E-state index in [2.05, 4.69) is 0 Å². The molecule has 46 valence electrons. The molecule has 0 atom stereocenters. The Morgan fingerprint density at radius 2 is 2.25 bits per heavy atom. The molecule has 0 aromatic rings. The normalized spacial score (nSPS) is 11.4. The van der Waals surface area contributed by atoms with E-state index < -0.39 is 27.2 Å². The molecule has 8 heavy (non-hydrogen) atoms. The topological polar surface area (TPSA) is 54.4 Å². The highest BCUT2D eigenvalue weighted by Crippen LogP contribution is 2.07. The van der Waals surface area contributed by atoms with Crippen LogP contribution in [0, 0.1) is 0 Å². The molecule has 0 heterocycles. The van der Waals surface area contributed by atoms with Gasteiger partial charge in [-0.05, 0) is 0 Å². The number of carboxylic acids is 1. The van der Waals surface area contributed by atoms with E-state index in [1.54, 1.807) is 0 Å². The zero-order chi connectivity index (χ0) is 6.57. The first-order chi connectivity index (χ1) is 3.68. The SMILES string of the molecule is O=I/C=C(\Cl)C(=O)O. The van der Waals surface area contributed by atoms with Gasteiger partial charge in [0.15, 0.2) is 21.2 Å². The average molecular weight is 248 g/mol. The van der Waals surface area contributed by atoms with E-state index in [0.29, 0.717) is 0 Å². The van der Waals surface area contributed by atoms with Crippen molar-refractivity contribution in [3.63, 3.8) is 0 Å². The summed E-state index contributed by atoms with van der Waals surface area (Å²) in [5.74, 6) is -1.23. The Kier molecular flexibility index (Phi) is 3.98. The molecule has 0 spiro atoms. The number of hydrogen-bond donors (Lipinski definition) is 1. The number of carbonyl (C=O) groups is 1. The molecule has 0 aromatic heterocycles. The summed E-state index contributed by atoms with van der Waals surface area (Å²) in [6.07, 6.45) is 0. The van der Waals surface area contributed by atoms with E-state index in [1.807, 2.05) is 0 Å². The van der Waals surface area contributed by atoms with Crippen molar-refractivity contribution in [3.05, 3.63) is 9.12 Å². The van der Waals surface area contributed by atoms with Crippen LogP contribution in [0.25, 0.3) is 0 Å². The molecule has 0 amide bonds. The Labute approximate surface area is 61.0 Å². The van der Waals surface area contributed by atoms with E-state index in [0.717, 1.165) is 4.08 Å². The van der Waals surface area contributed by atoms with Crippen LogP contribution in [-0.4, -0.2) is 11.1 Å². The van der Waals surface area contributed by atoms with E-state index >= 15 is 0 Å². The first kappa shape index (κ1) is 8.03. The van der Waals surface area contributed by atoms with Crippen molar-refractivity contribution in [2.24, 2.45) is 0 Å². The summed E-state index contributed by atoms with van der Waals surface area (Å²) < 4.78 is 10.7. The fraction of sp³-hybridized carbons (Fsp3) is 0. The average Bonchev–Trinajstić information content (AvgIpc) is 1.67. The predicted octanol–water partition coefficient (Wildman–Crippen LogP) is 1.47. The second-order valence-corrected chi connectivity index (χ2v) is 2.39. The summed E-state index contributed by atoms with van der Waals surface area (Å²) in [7, 11) is 0. The Morgan fingerprint density at radius 1 is 1.75 bits per heavy atom. The fourth-order valence-corrected chi connectivity index (χ4v) is 0.801. The van der Waals surface area contributed by atoms with Crippen LogP contribution in [0.2, 0.25) is 0 Å². The number of carboxylic acid groups (broad SMARTS) is 1. The highest BCUT2D eigenvalue weighted by molar-refractivity contribution is 14.2. The summed E-state index contributed by atoms with van der Waals surface area (Å²) in [4.78, 5) is 9.77. The summed E-state index contributed by atoms with van der Waals surface area (Å²) in [5, 5.41) is 7.62. The van der Waals surface area contributed by atoms with Gasteiger partial charge in [0, 0.05) is 4.08 Å². The molecule has 5 heteroatoms. The van der Waals surface area contributed by atoms with Crippen LogP contribution in [0.15, 0.2) is 9.12 Å². The monoisotopic (exact) mass is 248 g/mol. The lowest BCUT2D eigenvalue weighted by Crippen LogP contribution is -1.91. The molecule has 0 fully saturated rings. The van der Waals surface area contributed by atoms with Crippen LogP contribution in [-0.2, 0) is 7.86 Å². The summed E-state index contributed by atoms with van der Waals surface area (Å²) in [6.45, 7) is 0. The summed E-state index contributed by atoms with van der Waals surface area (Å²) >= 11 is 3.61. The molecule has 0 bridgehead atoms. The van der Waals surface area contributed by atoms with Gasteiger partial charge in [0.25, 0.3) is 0 Å². The first-order valence-corrected chi connectivity index (χ1v) is 4.03. The molecule has 0 saturated carbocycles. The minimum atomic E-state index is -1.39. The smallest absolute Gasteiger partial charge is 0.347 e. The minimum absolute atomic E-state index is 0.368. The van der Waals surface area contributed by atoms with E-state index in [9.17, 15) is 7.86 Å². The molecular weight excluding hydrogens is 246 g/mol. The van der Waals surface area contributed by atoms with Gasteiger partial charge in [-0.1, -0.05) is 11.6 Å². The molecule has 0 aromatic carbocycles. The van der Waals surface area contributed by atoms with Gasteiger partial charge in [0.2, 0.25) is 0 Å². The van der Waals surface area contributed by atoms with Crippen molar-refractivity contribution in [3.8, 4) is 0 Å². The number of rotatable bonds is 2. The molecule has 0 unspecified atom stereocenters. The number of halogens is 2. The molecule has 3 nitrogen and oxygen atoms in total. The molecule has 0 aliphatic rings. The Hall–Kier alpha value is 0.0300. The number of aliphatic carboxylic acids is 1. The first-order valence-electron chi connectivity index (χ1n) is 1.53. The van der Waals surface area contributed by atoms with Crippen LogP contribution in [0.3, 0.4) is 0 Å². The fourth-order valence-electron chi connectivity index (χ4n) is 0.0858. The Balaban J connectivity index is 3.99. The molecule has 0 radical (unpaired) electrons. The van der Waals surface area contributed by atoms with Gasteiger partial charge in [-0.25, -0.2) is 4.79 Å². The van der Waals surface area contributed by atoms with Gasteiger partial charge in [-0.3, -0.25) is 3.07 Å². The molecule has 0 saturated heterocycles. The van der Waals surface area contributed by atoms with E-state index in [-0.39, 0.29) is 5.03 Å². The zero-order valence-corrected chi connectivity index (χ0v) is 6.51. The largest absolute Gasteiger partial charge is 0.477 e. The highest BCUT2D eigenvalue weighted by atomic mass is 127.